The standard InChI is InChI=1S/C19H25N3O2/c1-4-5-6-17-11-19(24)22(13-20-17)12-18(23)21-16-9-7-15(8-10-16)14(2)3/h7-11,13-14H,4-6,12H2,1-3H3,(H,21,23). The van der Waals surface area contributed by atoms with Crippen LogP contribution in [-0.2, 0) is 17.8 Å². The van der Waals surface area contributed by atoms with E-state index < -0.39 is 0 Å². The summed E-state index contributed by atoms with van der Waals surface area (Å²) in [5, 5.41) is 2.81. The Morgan fingerprint density at radius 3 is 2.54 bits per heavy atom. The van der Waals surface area contributed by atoms with Gasteiger partial charge in [0.25, 0.3) is 5.56 Å². The molecular formula is C19H25N3O2. The van der Waals surface area contributed by atoms with Crippen molar-refractivity contribution in [2.24, 2.45) is 0 Å². The summed E-state index contributed by atoms with van der Waals surface area (Å²) >= 11 is 0. The number of unbranched alkanes of at least 4 members (excludes halogenated alkanes) is 1. The quantitative estimate of drug-likeness (QED) is 0.848. The second kappa shape index (κ2) is 8.43. The van der Waals surface area contributed by atoms with Crippen LogP contribution in [0.3, 0.4) is 0 Å². The molecule has 1 N–H and O–H groups in total. The van der Waals surface area contributed by atoms with E-state index in [1.807, 2.05) is 24.3 Å². The maximum absolute atomic E-state index is 12.1. The van der Waals surface area contributed by atoms with E-state index in [2.05, 4.69) is 31.1 Å². The number of rotatable bonds is 7. The minimum atomic E-state index is -0.238. The molecule has 1 aromatic carbocycles. The van der Waals surface area contributed by atoms with Gasteiger partial charge in [-0.2, -0.15) is 0 Å². The monoisotopic (exact) mass is 327 g/mol. The van der Waals surface area contributed by atoms with Crippen molar-refractivity contribution < 1.29 is 4.79 Å². The Morgan fingerprint density at radius 2 is 1.96 bits per heavy atom. The summed E-state index contributed by atoms with van der Waals surface area (Å²) in [6.45, 7) is 6.30. The molecule has 1 aromatic heterocycles. The summed E-state index contributed by atoms with van der Waals surface area (Å²) in [7, 11) is 0. The van der Waals surface area contributed by atoms with E-state index in [1.54, 1.807) is 0 Å². The summed E-state index contributed by atoms with van der Waals surface area (Å²) < 4.78 is 1.33. The van der Waals surface area contributed by atoms with Crippen LogP contribution >= 0.6 is 0 Å². The van der Waals surface area contributed by atoms with Gasteiger partial charge in [-0.15, -0.1) is 0 Å². The molecule has 0 unspecified atom stereocenters. The molecule has 0 fully saturated rings. The number of hydrogen-bond acceptors (Lipinski definition) is 3. The summed E-state index contributed by atoms with van der Waals surface area (Å²) in [5.41, 5.74) is 2.53. The van der Waals surface area contributed by atoms with Gasteiger partial charge in [0.1, 0.15) is 6.54 Å². The Balaban J connectivity index is 1.98. The molecule has 0 radical (unpaired) electrons. The van der Waals surface area contributed by atoms with E-state index >= 15 is 0 Å². The molecule has 0 aliphatic carbocycles. The van der Waals surface area contributed by atoms with Crippen LogP contribution in [0.1, 0.15) is 50.8 Å². The van der Waals surface area contributed by atoms with E-state index in [9.17, 15) is 9.59 Å². The molecule has 24 heavy (non-hydrogen) atoms. The third-order valence-electron chi connectivity index (χ3n) is 3.90. The number of hydrogen-bond donors (Lipinski definition) is 1. The summed E-state index contributed by atoms with van der Waals surface area (Å²) in [6, 6.07) is 9.26. The van der Waals surface area contributed by atoms with Crippen LogP contribution in [0.2, 0.25) is 0 Å². The largest absolute Gasteiger partial charge is 0.325 e. The van der Waals surface area contributed by atoms with Gasteiger partial charge in [0, 0.05) is 17.4 Å². The summed E-state index contributed by atoms with van der Waals surface area (Å²) in [5.74, 6) is 0.211. The Bertz CT molecular complexity index is 733. The van der Waals surface area contributed by atoms with Crippen LogP contribution in [0.25, 0.3) is 0 Å². The van der Waals surface area contributed by atoms with E-state index in [1.165, 1.54) is 22.5 Å². The maximum atomic E-state index is 12.1. The van der Waals surface area contributed by atoms with Crippen LogP contribution in [0.15, 0.2) is 41.5 Å². The van der Waals surface area contributed by atoms with Gasteiger partial charge in [-0.1, -0.05) is 39.3 Å². The number of aromatic nitrogens is 2. The van der Waals surface area contributed by atoms with E-state index in [4.69, 9.17) is 0 Å². The number of benzene rings is 1. The zero-order valence-electron chi connectivity index (χ0n) is 14.6. The fourth-order valence-corrected chi connectivity index (χ4v) is 2.38. The lowest BCUT2D eigenvalue weighted by Crippen LogP contribution is -2.27. The van der Waals surface area contributed by atoms with Gasteiger partial charge in [0.15, 0.2) is 0 Å². The predicted octanol–water partition coefficient (Wildman–Crippen LogP) is 3.35. The molecule has 2 rings (SSSR count). The van der Waals surface area contributed by atoms with E-state index in [0.29, 0.717) is 5.92 Å². The topological polar surface area (TPSA) is 64.0 Å². The molecule has 0 aliphatic rings. The maximum Gasteiger partial charge on any atom is 0.253 e. The lowest BCUT2D eigenvalue weighted by atomic mass is 10.0. The first-order valence-corrected chi connectivity index (χ1v) is 8.44. The SMILES string of the molecule is CCCCc1cc(=O)n(CC(=O)Nc2ccc(C(C)C)cc2)cn1. The summed E-state index contributed by atoms with van der Waals surface area (Å²) in [6.07, 6.45) is 4.31. The molecule has 0 aliphatic heterocycles. The van der Waals surface area contributed by atoms with Crippen molar-refractivity contribution in [3.8, 4) is 0 Å². The Labute approximate surface area is 142 Å². The third-order valence-corrected chi connectivity index (χ3v) is 3.90. The van der Waals surface area contributed by atoms with Crippen molar-refractivity contribution in [2.45, 2.75) is 52.5 Å². The second-order valence-electron chi connectivity index (χ2n) is 6.27. The van der Waals surface area contributed by atoms with Gasteiger partial charge in [-0.05, 0) is 36.5 Å². The smallest absolute Gasteiger partial charge is 0.253 e. The average molecular weight is 327 g/mol. The Hall–Kier alpha value is -2.43. The van der Waals surface area contributed by atoms with Gasteiger partial charge in [0.2, 0.25) is 5.91 Å². The summed E-state index contributed by atoms with van der Waals surface area (Å²) in [4.78, 5) is 28.4. The van der Waals surface area contributed by atoms with Crippen molar-refractivity contribution in [1.82, 2.24) is 9.55 Å². The third kappa shape index (κ3) is 5.05. The molecule has 0 saturated carbocycles. The highest BCUT2D eigenvalue weighted by atomic mass is 16.2. The number of amides is 1. The lowest BCUT2D eigenvalue weighted by Gasteiger charge is -2.09. The van der Waals surface area contributed by atoms with Crippen LogP contribution in [0, 0.1) is 0 Å². The minimum absolute atomic E-state index is 0.0359. The first-order chi connectivity index (χ1) is 11.5. The molecular weight excluding hydrogens is 302 g/mol. The zero-order chi connectivity index (χ0) is 17.5. The average Bonchev–Trinajstić information content (AvgIpc) is 2.55. The molecule has 0 saturated heterocycles. The number of aryl methyl sites for hydroxylation is 1. The molecule has 128 valence electrons. The molecule has 0 spiro atoms. The van der Waals surface area contributed by atoms with Gasteiger partial charge in [-0.3, -0.25) is 14.2 Å². The van der Waals surface area contributed by atoms with E-state index in [0.717, 1.165) is 30.6 Å². The van der Waals surface area contributed by atoms with Crippen LogP contribution in [0.5, 0.6) is 0 Å². The first-order valence-electron chi connectivity index (χ1n) is 8.44. The zero-order valence-corrected chi connectivity index (χ0v) is 14.6. The van der Waals surface area contributed by atoms with Gasteiger partial charge >= 0.3 is 0 Å². The fourth-order valence-electron chi connectivity index (χ4n) is 2.38. The fraction of sp³-hybridized carbons (Fsp3) is 0.421. The normalized spacial score (nSPS) is 10.8. The highest BCUT2D eigenvalue weighted by Gasteiger charge is 2.07. The highest BCUT2D eigenvalue weighted by molar-refractivity contribution is 5.90. The van der Waals surface area contributed by atoms with E-state index in [-0.39, 0.29) is 18.0 Å². The number of anilines is 1. The molecule has 5 heteroatoms. The Morgan fingerprint density at radius 1 is 1.25 bits per heavy atom. The highest BCUT2D eigenvalue weighted by Crippen LogP contribution is 2.17. The number of nitrogens with zero attached hydrogens (tertiary/aromatic N) is 2. The van der Waals surface area contributed by atoms with Gasteiger partial charge < -0.3 is 5.32 Å². The van der Waals surface area contributed by atoms with Crippen molar-refractivity contribution in [3.05, 3.63) is 58.3 Å². The predicted molar refractivity (Wildman–Crippen MR) is 96.3 cm³/mol. The molecule has 0 atom stereocenters. The molecule has 0 bridgehead atoms. The molecule has 2 aromatic rings. The number of nitrogens with one attached hydrogen (secondary N) is 1. The van der Waals surface area contributed by atoms with Crippen molar-refractivity contribution in [3.63, 3.8) is 0 Å². The van der Waals surface area contributed by atoms with Crippen LogP contribution in [-0.4, -0.2) is 15.5 Å². The van der Waals surface area contributed by atoms with Crippen molar-refractivity contribution >= 4 is 11.6 Å². The first kappa shape index (κ1) is 17.9. The van der Waals surface area contributed by atoms with Crippen molar-refractivity contribution in [2.75, 3.05) is 5.32 Å². The van der Waals surface area contributed by atoms with Crippen molar-refractivity contribution in [1.29, 1.82) is 0 Å². The Kier molecular flexibility index (Phi) is 6.29. The minimum Gasteiger partial charge on any atom is -0.325 e. The number of carbonyl (C=O) groups excluding carboxylic acids is 1. The van der Waals surface area contributed by atoms with Crippen LogP contribution in [0.4, 0.5) is 5.69 Å². The number of carbonyl (C=O) groups is 1. The van der Waals surface area contributed by atoms with Gasteiger partial charge in [-0.25, -0.2) is 4.98 Å². The molecule has 1 heterocycles. The van der Waals surface area contributed by atoms with Gasteiger partial charge in [0.05, 0.1) is 6.33 Å². The molecule has 1 amide bonds. The second-order valence-corrected chi connectivity index (χ2v) is 6.27. The molecule has 5 nitrogen and oxygen atoms in total. The van der Waals surface area contributed by atoms with Crippen LogP contribution < -0.4 is 10.9 Å². The lowest BCUT2D eigenvalue weighted by molar-refractivity contribution is -0.116.